The number of hydrogen-bond donors (Lipinski definition) is 1. The van der Waals surface area contributed by atoms with Gasteiger partial charge in [0.05, 0.1) is 16.7 Å². The Morgan fingerprint density at radius 2 is 2.00 bits per heavy atom. The maximum atomic E-state index is 11.9. The summed E-state index contributed by atoms with van der Waals surface area (Å²) in [5.74, 6) is 0.842. The number of benzene rings is 1. The van der Waals surface area contributed by atoms with Gasteiger partial charge in [0, 0.05) is 0 Å². The van der Waals surface area contributed by atoms with Crippen LogP contribution >= 0.6 is 0 Å². The van der Waals surface area contributed by atoms with Crippen LogP contribution in [0.5, 0.6) is 0 Å². The fourth-order valence-corrected chi connectivity index (χ4v) is 2.19. The van der Waals surface area contributed by atoms with Crippen LogP contribution in [-0.2, 0) is 0 Å². The SMILES string of the molecule is Cc1nc(C)n2c1c(=O)[nH]c1ccccc12. The molecule has 2 aromatic heterocycles. The minimum absolute atomic E-state index is 0.0863. The molecule has 4 nitrogen and oxygen atoms in total. The molecule has 3 aromatic rings. The van der Waals surface area contributed by atoms with Crippen molar-refractivity contribution in [2.24, 2.45) is 0 Å². The first-order valence-corrected chi connectivity index (χ1v) is 5.15. The first-order valence-electron chi connectivity index (χ1n) is 5.15. The van der Waals surface area contributed by atoms with Gasteiger partial charge < -0.3 is 4.98 Å². The molecule has 0 radical (unpaired) electrons. The molecule has 0 fully saturated rings. The monoisotopic (exact) mass is 213 g/mol. The van der Waals surface area contributed by atoms with Crippen molar-refractivity contribution in [1.82, 2.24) is 14.4 Å². The van der Waals surface area contributed by atoms with E-state index in [1.54, 1.807) is 0 Å². The standard InChI is InChI=1S/C12H11N3O/c1-7-11-12(16)14-9-5-3-4-6-10(9)15(11)8(2)13-7/h3-6H,1-2H3,(H,14,16). The fourth-order valence-electron chi connectivity index (χ4n) is 2.19. The molecule has 0 amide bonds. The molecule has 0 bridgehead atoms. The lowest BCUT2D eigenvalue weighted by Gasteiger charge is -2.02. The van der Waals surface area contributed by atoms with Gasteiger partial charge in [-0.25, -0.2) is 4.98 Å². The van der Waals surface area contributed by atoms with E-state index in [4.69, 9.17) is 0 Å². The fraction of sp³-hybridized carbons (Fsp3) is 0.167. The molecular formula is C12H11N3O. The summed E-state index contributed by atoms with van der Waals surface area (Å²) in [6, 6.07) is 7.73. The van der Waals surface area contributed by atoms with E-state index in [1.165, 1.54) is 0 Å². The normalized spacial score (nSPS) is 11.4. The minimum atomic E-state index is -0.0863. The molecule has 4 heteroatoms. The van der Waals surface area contributed by atoms with Crippen molar-refractivity contribution in [3.63, 3.8) is 0 Å². The first-order chi connectivity index (χ1) is 7.68. The minimum Gasteiger partial charge on any atom is -0.319 e. The van der Waals surface area contributed by atoms with Crippen LogP contribution < -0.4 is 5.56 Å². The maximum Gasteiger partial charge on any atom is 0.274 e. The van der Waals surface area contributed by atoms with Crippen molar-refractivity contribution in [3.8, 4) is 0 Å². The van der Waals surface area contributed by atoms with E-state index in [0.717, 1.165) is 22.6 Å². The van der Waals surface area contributed by atoms with Gasteiger partial charge in [-0.2, -0.15) is 0 Å². The third-order valence-corrected chi connectivity index (χ3v) is 2.83. The second kappa shape index (κ2) is 2.95. The molecule has 0 unspecified atom stereocenters. The molecule has 0 saturated heterocycles. The molecule has 1 N–H and O–H groups in total. The maximum absolute atomic E-state index is 11.9. The predicted octanol–water partition coefficient (Wildman–Crippen LogP) is 1.79. The number of aromatic nitrogens is 3. The Morgan fingerprint density at radius 3 is 2.81 bits per heavy atom. The highest BCUT2D eigenvalue weighted by molar-refractivity contribution is 5.78. The van der Waals surface area contributed by atoms with Gasteiger partial charge in [0.25, 0.3) is 5.56 Å². The molecule has 0 spiro atoms. The number of para-hydroxylation sites is 2. The van der Waals surface area contributed by atoms with Crippen LogP contribution in [0.4, 0.5) is 0 Å². The van der Waals surface area contributed by atoms with Crippen LogP contribution in [0, 0.1) is 13.8 Å². The van der Waals surface area contributed by atoms with Crippen molar-refractivity contribution >= 4 is 16.6 Å². The topological polar surface area (TPSA) is 50.2 Å². The van der Waals surface area contributed by atoms with Crippen LogP contribution in [0.1, 0.15) is 11.5 Å². The van der Waals surface area contributed by atoms with E-state index in [0.29, 0.717) is 5.52 Å². The summed E-state index contributed by atoms with van der Waals surface area (Å²) in [6.07, 6.45) is 0. The molecule has 0 aliphatic heterocycles. The van der Waals surface area contributed by atoms with Crippen LogP contribution in [0.2, 0.25) is 0 Å². The van der Waals surface area contributed by atoms with Crippen molar-refractivity contribution in [1.29, 1.82) is 0 Å². The van der Waals surface area contributed by atoms with Gasteiger partial charge in [-0.1, -0.05) is 12.1 Å². The molecule has 3 rings (SSSR count). The van der Waals surface area contributed by atoms with E-state index in [-0.39, 0.29) is 5.56 Å². The number of rotatable bonds is 0. The Balaban J connectivity index is 2.74. The van der Waals surface area contributed by atoms with Gasteiger partial charge in [0.15, 0.2) is 0 Å². The Labute approximate surface area is 91.6 Å². The number of aromatic amines is 1. The molecule has 1 aromatic carbocycles. The Bertz CT molecular complexity index is 752. The summed E-state index contributed by atoms with van der Waals surface area (Å²) in [4.78, 5) is 19.1. The van der Waals surface area contributed by atoms with Gasteiger partial charge in [0.2, 0.25) is 0 Å². The molecular weight excluding hydrogens is 202 g/mol. The number of nitrogens with one attached hydrogen (secondary N) is 1. The zero-order valence-corrected chi connectivity index (χ0v) is 9.11. The lowest BCUT2D eigenvalue weighted by Crippen LogP contribution is -2.11. The summed E-state index contributed by atoms with van der Waals surface area (Å²) in [5.41, 5.74) is 3.13. The number of hydrogen-bond acceptors (Lipinski definition) is 2. The third kappa shape index (κ3) is 1.04. The highest BCUT2D eigenvalue weighted by Crippen LogP contribution is 2.15. The van der Waals surface area contributed by atoms with Crippen molar-refractivity contribution in [2.45, 2.75) is 13.8 Å². The van der Waals surface area contributed by atoms with Crippen molar-refractivity contribution in [2.75, 3.05) is 0 Å². The number of imidazole rings is 1. The van der Waals surface area contributed by atoms with Gasteiger partial charge in [0.1, 0.15) is 11.3 Å². The Morgan fingerprint density at radius 1 is 1.25 bits per heavy atom. The van der Waals surface area contributed by atoms with Crippen LogP contribution in [0.3, 0.4) is 0 Å². The molecule has 0 saturated carbocycles. The van der Waals surface area contributed by atoms with Gasteiger partial charge in [-0.05, 0) is 26.0 Å². The molecule has 0 aliphatic rings. The summed E-state index contributed by atoms with van der Waals surface area (Å²) in [5, 5.41) is 0. The van der Waals surface area contributed by atoms with E-state index in [2.05, 4.69) is 9.97 Å². The quantitative estimate of drug-likeness (QED) is 0.619. The molecule has 0 atom stereocenters. The summed E-state index contributed by atoms with van der Waals surface area (Å²) < 4.78 is 1.91. The zero-order chi connectivity index (χ0) is 11.3. The average Bonchev–Trinajstić information content (AvgIpc) is 2.55. The number of aryl methyl sites for hydroxylation is 2. The van der Waals surface area contributed by atoms with E-state index in [9.17, 15) is 4.79 Å². The van der Waals surface area contributed by atoms with E-state index in [1.807, 2.05) is 42.5 Å². The second-order valence-corrected chi connectivity index (χ2v) is 3.90. The smallest absolute Gasteiger partial charge is 0.274 e. The summed E-state index contributed by atoms with van der Waals surface area (Å²) in [7, 11) is 0. The second-order valence-electron chi connectivity index (χ2n) is 3.90. The summed E-state index contributed by atoms with van der Waals surface area (Å²) in [6.45, 7) is 3.76. The van der Waals surface area contributed by atoms with Gasteiger partial charge >= 0.3 is 0 Å². The van der Waals surface area contributed by atoms with E-state index < -0.39 is 0 Å². The number of fused-ring (bicyclic) bond motifs is 3. The van der Waals surface area contributed by atoms with Crippen LogP contribution in [-0.4, -0.2) is 14.4 Å². The van der Waals surface area contributed by atoms with Crippen LogP contribution in [0.25, 0.3) is 16.6 Å². The highest BCUT2D eigenvalue weighted by Gasteiger charge is 2.11. The Kier molecular flexibility index (Phi) is 1.68. The van der Waals surface area contributed by atoms with E-state index >= 15 is 0 Å². The number of H-pyrrole nitrogens is 1. The highest BCUT2D eigenvalue weighted by atomic mass is 16.1. The van der Waals surface area contributed by atoms with Crippen molar-refractivity contribution in [3.05, 3.63) is 46.1 Å². The lowest BCUT2D eigenvalue weighted by atomic mass is 10.3. The van der Waals surface area contributed by atoms with Crippen LogP contribution in [0.15, 0.2) is 29.1 Å². The largest absolute Gasteiger partial charge is 0.319 e. The average molecular weight is 213 g/mol. The third-order valence-electron chi connectivity index (χ3n) is 2.83. The molecule has 80 valence electrons. The molecule has 16 heavy (non-hydrogen) atoms. The number of nitrogens with zero attached hydrogens (tertiary/aromatic N) is 2. The van der Waals surface area contributed by atoms with Crippen molar-refractivity contribution < 1.29 is 0 Å². The predicted molar refractivity (Wildman–Crippen MR) is 62.8 cm³/mol. The Hall–Kier alpha value is -2.10. The first kappa shape index (κ1) is 9.15. The zero-order valence-electron chi connectivity index (χ0n) is 9.11. The lowest BCUT2D eigenvalue weighted by molar-refractivity contribution is 1.06. The summed E-state index contributed by atoms with van der Waals surface area (Å²) >= 11 is 0. The molecule has 0 aliphatic carbocycles. The van der Waals surface area contributed by atoms with Gasteiger partial charge in [-0.3, -0.25) is 9.20 Å². The van der Waals surface area contributed by atoms with Gasteiger partial charge in [-0.15, -0.1) is 0 Å². The molecule has 2 heterocycles.